The molecule has 140 valence electrons. The molecule has 0 fully saturated rings. The van der Waals surface area contributed by atoms with Crippen molar-refractivity contribution in [2.75, 3.05) is 28.4 Å². The number of hydrogen-bond donors (Lipinski definition) is 0. The Balaban J connectivity index is 2.52. The average Bonchev–Trinajstić information content (AvgIpc) is 3.03. The van der Waals surface area contributed by atoms with Gasteiger partial charge in [0.15, 0.2) is 5.75 Å². The Bertz CT molecular complexity index is 838. The van der Waals surface area contributed by atoms with Gasteiger partial charge < -0.3 is 19.1 Å². The predicted octanol–water partition coefficient (Wildman–Crippen LogP) is 3.72. The maximum atomic E-state index is 12.9. The highest BCUT2D eigenvalue weighted by Gasteiger charge is 2.33. The van der Waals surface area contributed by atoms with Crippen LogP contribution in [0.3, 0.4) is 0 Å². The van der Waals surface area contributed by atoms with E-state index in [9.17, 15) is 14.9 Å². The lowest BCUT2D eigenvalue weighted by Crippen LogP contribution is -2.26. The Morgan fingerprint density at radius 3 is 2.35 bits per heavy atom. The lowest BCUT2D eigenvalue weighted by atomic mass is 10.1. The van der Waals surface area contributed by atoms with Crippen molar-refractivity contribution in [2.24, 2.45) is 0 Å². The standard InChI is InChI=1S/C16H17BrN2O6S/c1-18(7-10-5-9(17)8-26-10)16(20)11-6-12(23-2)14(24-3)15(25-4)13(11)19(21)22/h5-6,8H,7H2,1-4H3. The van der Waals surface area contributed by atoms with Crippen LogP contribution < -0.4 is 14.2 Å². The van der Waals surface area contributed by atoms with E-state index in [0.29, 0.717) is 6.54 Å². The van der Waals surface area contributed by atoms with Crippen LogP contribution in [0.5, 0.6) is 17.2 Å². The largest absolute Gasteiger partial charge is 0.493 e. The molecule has 10 heteroatoms. The quantitative estimate of drug-likeness (QED) is 0.477. The zero-order chi connectivity index (χ0) is 19.4. The van der Waals surface area contributed by atoms with Crippen LogP contribution in [0.15, 0.2) is 22.0 Å². The van der Waals surface area contributed by atoms with E-state index in [1.807, 2.05) is 11.4 Å². The van der Waals surface area contributed by atoms with Crippen LogP contribution in [0.1, 0.15) is 15.2 Å². The van der Waals surface area contributed by atoms with Crippen molar-refractivity contribution in [2.45, 2.75) is 6.54 Å². The number of methoxy groups -OCH3 is 3. The minimum Gasteiger partial charge on any atom is -0.493 e. The SMILES string of the molecule is COc1cc(C(=O)N(C)Cc2cc(Br)cs2)c([N+](=O)[O-])c(OC)c1OC. The van der Waals surface area contributed by atoms with Crippen molar-refractivity contribution >= 4 is 38.9 Å². The first-order chi connectivity index (χ1) is 12.3. The number of benzene rings is 1. The van der Waals surface area contributed by atoms with Gasteiger partial charge in [-0.15, -0.1) is 11.3 Å². The molecule has 8 nitrogen and oxygen atoms in total. The maximum absolute atomic E-state index is 12.9. The number of nitro benzene ring substituents is 1. The monoisotopic (exact) mass is 444 g/mol. The zero-order valence-electron chi connectivity index (χ0n) is 14.6. The third-order valence-corrected chi connectivity index (χ3v) is 5.26. The van der Waals surface area contributed by atoms with Crippen LogP contribution >= 0.6 is 27.3 Å². The van der Waals surface area contributed by atoms with Gasteiger partial charge in [-0.25, -0.2) is 0 Å². The first kappa shape index (κ1) is 20.0. The molecular formula is C16H17BrN2O6S. The highest BCUT2D eigenvalue weighted by Crippen LogP contribution is 2.46. The Labute approximate surface area is 162 Å². The molecule has 1 aromatic carbocycles. The fourth-order valence-electron chi connectivity index (χ4n) is 2.43. The number of hydrogen-bond acceptors (Lipinski definition) is 7. The van der Waals surface area contributed by atoms with Crippen molar-refractivity contribution in [3.8, 4) is 17.2 Å². The normalized spacial score (nSPS) is 10.3. The summed E-state index contributed by atoms with van der Waals surface area (Å²) in [4.78, 5) is 26.2. The number of thiophene rings is 1. The first-order valence-electron chi connectivity index (χ1n) is 7.29. The smallest absolute Gasteiger partial charge is 0.327 e. The molecular weight excluding hydrogens is 428 g/mol. The van der Waals surface area contributed by atoms with E-state index in [2.05, 4.69) is 15.9 Å². The van der Waals surface area contributed by atoms with Gasteiger partial charge in [-0.2, -0.15) is 0 Å². The molecule has 26 heavy (non-hydrogen) atoms. The van der Waals surface area contributed by atoms with Crippen LogP contribution in [0.25, 0.3) is 0 Å². The van der Waals surface area contributed by atoms with Crippen LogP contribution in [-0.4, -0.2) is 44.1 Å². The van der Waals surface area contributed by atoms with Crippen molar-refractivity contribution < 1.29 is 23.9 Å². The van der Waals surface area contributed by atoms with Crippen molar-refractivity contribution in [3.05, 3.63) is 42.5 Å². The van der Waals surface area contributed by atoms with Gasteiger partial charge in [0.2, 0.25) is 11.5 Å². The third-order valence-electron chi connectivity index (χ3n) is 3.58. The lowest BCUT2D eigenvalue weighted by Gasteiger charge is -2.19. The van der Waals surface area contributed by atoms with E-state index in [4.69, 9.17) is 14.2 Å². The summed E-state index contributed by atoms with van der Waals surface area (Å²) in [6, 6.07) is 3.18. The summed E-state index contributed by atoms with van der Waals surface area (Å²) in [5, 5.41) is 13.5. The van der Waals surface area contributed by atoms with Crippen LogP contribution in [0.4, 0.5) is 5.69 Å². The van der Waals surface area contributed by atoms with Crippen molar-refractivity contribution in [1.29, 1.82) is 0 Å². The second kappa shape index (κ2) is 8.37. The molecule has 1 aromatic heterocycles. The number of rotatable bonds is 7. The summed E-state index contributed by atoms with van der Waals surface area (Å²) >= 11 is 4.84. The number of carbonyl (C=O) groups excluding carboxylic acids is 1. The number of halogens is 1. The number of carbonyl (C=O) groups is 1. The molecule has 0 bridgehead atoms. The summed E-state index contributed by atoms with van der Waals surface area (Å²) < 4.78 is 16.4. The highest BCUT2D eigenvalue weighted by atomic mass is 79.9. The molecule has 0 saturated carbocycles. The second-order valence-corrected chi connectivity index (χ2v) is 7.10. The predicted molar refractivity (Wildman–Crippen MR) is 101 cm³/mol. The van der Waals surface area contributed by atoms with E-state index in [1.165, 1.54) is 43.6 Å². The Hall–Kier alpha value is -2.33. The molecule has 1 amide bonds. The minimum atomic E-state index is -0.663. The molecule has 1 heterocycles. The molecule has 0 radical (unpaired) electrons. The van der Waals surface area contributed by atoms with E-state index in [1.54, 1.807) is 7.05 Å². The van der Waals surface area contributed by atoms with Crippen LogP contribution in [-0.2, 0) is 6.54 Å². The fraction of sp³-hybridized carbons (Fsp3) is 0.312. The van der Waals surface area contributed by atoms with Crippen LogP contribution in [0, 0.1) is 10.1 Å². The molecule has 0 aliphatic rings. The van der Waals surface area contributed by atoms with E-state index < -0.39 is 16.5 Å². The highest BCUT2D eigenvalue weighted by molar-refractivity contribution is 9.10. The van der Waals surface area contributed by atoms with Gasteiger partial charge in [-0.05, 0) is 22.0 Å². The molecule has 0 atom stereocenters. The fourth-order valence-corrected chi connectivity index (χ4v) is 3.94. The van der Waals surface area contributed by atoms with Crippen LogP contribution in [0.2, 0.25) is 0 Å². The minimum absolute atomic E-state index is 0.0584. The molecule has 0 aliphatic heterocycles. The van der Waals surface area contributed by atoms with Gasteiger partial charge in [0.25, 0.3) is 5.91 Å². The average molecular weight is 445 g/mol. The van der Waals surface area contributed by atoms with Gasteiger partial charge in [-0.1, -0.05) is 0 Å². The summed E-state index contributed by atoms with van der Waals surface area (Å²) in [7, 11) is 5.56. The number of nitro groups is 1. The molecule has 0 aliphatic carbocycles. The second-order valence-electron chi connectivity index (χ2n) is 5.19. The number of amides is 1. The third kappa shape index (κ3) is 3.91. The van der Waals surface area contributed by atoms with Crippen molar-refractivity contribution in [3.63, 3.8) is 0 Å². The Morgan fingerprint density at radius 1 is 1.23 bits per heavy atom. The molecule has 2 aromatic rings. The molecule has 0 unspecified atom stereocenters. The topological polar surface area (TPSA) is 91.1 Å². The molecule has 0 saturated heterocycles. The maximum Gasteiger partial charge on any atom is 0.327 e. The van der Waals surface area contributed by atoms with Gasteiger partial charge >= 0.3 is 5.69 Å². The number of nitrogens with zero attached hydrogens (tertiary/aromatic N) is 2. The van der Waals surface area contributed by atoms with Gasteiger partial charge in [-0.3, -0.25) is 14.9 Å². The van der Waals surface area contributed by atoms with E-state index >= 15 is 0 Å². The number of ether oxygens (including phenoxy) is 3. The molecule has 0 N–H and O–H groups in total. The van der Waals surface area contributed by atoms with E-state index in [0.717, 1.165) is 9.35 Å². The van der Waals surface area contributed by atoms with Crippen molar-refractivity contribution in [1.82, 2.24) is 4.90 Å². The first-order valence-corrected chi connectivity index (χ1v) is 8.97. The summed E-state index contributed by atoms with van der Waals surface area (Å²) in [5.41, 5.74) is -0.600. The summed E-state index contributed by atoms with van der Waals surface area (Å²) in [5.74, 6) is -0.457. The zero-order valence-corrected chi connectivity index (χ0v) is 17.0. The van der Waals surface area contributed by atoms with Gasteiger partial charge in [0.1, 0.15) is 5.56 Å². The Kier molecular flexibility index (Phi) is 6.43. The summed E-state index contributed by atoms with van der Waals surface area (Å²) in [6.45, 7) is 0.308. The molecule has 0 spiro atoms. The summed E-state index contributed by atoms with van der Waals surface area (Å²) in [6.07, 6.45) is 0. The van der Waals surface area contributed by atoms with E-state index in [-0.39, 0.29) is 22.8 Å². The Morgan fingerprint density at radius 2 is 1.88 bits per heavy atom. The van der Waals surface area contributed by atoms with Gasteiger partial charge in [0, 0.05) is 27.8 Å². The lowest BCUT2D eigenvalue weighted by molar-refractivity contribution is -0.386. The molecule has 2 rings (SSSR count). The van der Waals surface area contributed by atoms with Gasteiger partial charge in [0.05, 0.1) is 32.8 Å².